The van der Waals surface area contributed by atoms with Gasteiger partial charge in [0.2, 0.25) is 5.91 Å². The van der Waals surface area contributed by atoms with Gasteiger partial charge in [-0.2, -0.15) is 11.8 Å². The molecule has 2 amide bonds. The van der Waals surface area contributed by atoms with Crippen LogP contribution in [0.15, 0.2) is 53.9 Å². The molecule has 0 saturated carbocycles. The third-order valence-corrected chi connectivity index (χ3v) is 7.81. The second-order valence-electron chi connectivity index (χ2n) is 8.09. The number of anilines is 1. The van der Waals surface area contributed by atoms with Crippen LogP contribution in [0.5, 0.6) is 5.75 Å². The van der Waals surface area contributed by atoms with Crippen molar-refractivity contribution in [3.63, 3.8) is 0 Å². The molecule has 0 atom stereocenters. The summed E-state index contributed by atoms with van der Waals surface area (Å²) in [5, 5.41) is 5.82. The van der Waals surface area contributed by atoms with Crippen molar-refractivity contribution in [3.8, 4) is 16.9 Å². The van der Waals surface area contributed by atoms with E-state index in [1.165, 1.54) is 11.3 Å². The van der Waals surface area contributed by atoms with Gasteiger partial charge in [0.15, 0.2) is 0 Å². The number of thiazole rings is 1. The van der Waals surface area contributed by atoms with Crippen molar-refractivity contribution in [2.24, 2.45) is 0 Å². The van der Waals surface area contributed by atoms with Crippen molar-refractivity contribution in [3.05, 3.63) is 64.6 Å². The lowest BCUT2D eigenvalue weighted by Crippen LogP contribution is -2.39. The number of nitrogens with one attached hydrogen (secondary N) is 1. The molecule has 1 aromatic heterocycles. The highest BCUT2D eigenvalue weighted by Crippen LogP contribution is 2.33. The Morgan fingerprint density at radius 3 is 2.65 bits per heavy atom. The Morgan fingerprint density at radius 2 is 1.94 bits per heavy atom. The van der Waals surface area contributed by atoms with Gasteiger partial charge < -0.3 is 15.0 Å². The minimum Gasteiger partial charge on any atom is -0.497 e. The number of methoxy groups -OCH3 is 1. The predicted octanol–water partition coefficient (Wildman–Crippen LogP) is 5.53. The molecule has 4 rings (SSSR count). The average molecular weight is 496 g/mol. The van der Waals surface area contributed by atoms with Crippen molar-refractivity contribution in [2.45, 2.75) is 25.7 Å². The number of ether oxygens (including phenoxy) is 1. The fraction of sp³-hybridized carbons (Fsp3) is 0.346. The van der Waals surface area contributed by atoms with Crippen LogP contribution in [-0.4, -0.2) is 53.4 Å². The van der Waals surface area contributed by atoms with Crippen LogP contribution < -0.4 is 10.1 Å². The fourth-order valence-electron chi connectivity index (χ4n) is 4.05. The first-order valence-electron chi connectivity index (χ1n) is 11.4. The van der Waals surface area contributed by atoms with Crippen LogP contribution in [-0.2, 0) is 4.79 Å². The summed E-state index contributed by atoms with van der Waals surface area (Å²) >= 11 is 3.18. The van der Waals surface area contributed by atoms with E-state index in [9.17, 15) is 9.59 Å². The van der Waals surface area contributed by atoms with Gasteiger partial charge in [-0.05, 0) is 36.3 Å². The summed E-state index contributed by atoms with van der Waals surface area (Å²) in [5.41, 5.74) is 3.03. The maximum atomic E-state index is 13.1. The van der Waals surface area contributed by atoms with E-state index in [0.717, 1.165) is 47.8 Å². The molecule has 0 bridgehead atoms. The number of benzene rings is 2. The number of aromatic nitrogens is 1. The molecule has 1 saturated heterocycles. The van der Waals surface area contributed by atoms with Gasteiger partial charge >= 0.3 is 0 Å². The molecule has 2 aromatic carbocycles. The standard InChI is InChI=1S/C26H29N3O3S2/c1-3-33-17-24(30)29-13-11-19(12-14-29)26-28-23(16-34-26)25(31)27-22-15-20(32-2)9-10-21(22)18-7-5-4-6-8-18/h4-10,15-16,19H,3,11-14,17H2,1-2H3,(H,27,31). The van der Waals surface area contributed by atoms with E-state index in [-0.39, 0.29) is 17.7 Å². The van der Waals surface area contributed by atoms with E-state index < -0.39 is 0 Å². The number of rotatable bonds is 8. The van der Waals surface area contributed by atoms with Crippen LogP contribution in [0.4, 0.5) is 5.69 Å². The monoisotopic (exact) mass is 495 g/mol. The molecule has 0 aliphatic carbocycles. The van der Waals surface area contributed by atoms with Gasteiger partial charge in [-0.1, -0.05) is 37.3 Å². The highest BCUT2D eigenvalue weighted by atomic mass is 32.2. The summed E-state index contributed by atoms with van der Waals surface area (Å²) in [4.78, 5) is 32.0. The smallest absolute Gasteiger partial charge is 0.275 e. The van der Waals surface area contributed by atoms with E-state index >= 15 is 0 Å². The molecule has 2 heterocycles. The second-order valence-corrected chi connectivity index (χ2v) is 10.3. The van der Waals surface area contributed by atoms with Crippen molar-refractivity contribution in [2.75, 3.05) is 37.0 Å². The van der Waals surface area contributed by atoms with E-state index in [2.05, 4.69) is 17.2 Å². The molecule has 3 aromatic rings. The molecule has 1 fully saturated rings. The van der Waals surface area contributed by atoms with Gasteiger partial charge in [0.05, 0.1) is 23.6 Å². The molecule has 0 radical (unpaired) electrons. The highest BCUT2D eigenvalue weighted by molar-refractivity contribution is 7.99. The Hall–Kier alpha value is -2.84. The number of amides is 2. The van der Waals surface area contributed by atoms with Crippen LogP contribution in [0.3, 0.4) is 0 Å². The zero-order chi connectivity index (χ0) is 23.9. The highest BCUT2D eigenvalue weighted by Gasteiger charge is 2.26. The number of hydrogen-bond donors (Lipinski definition) is 1. The topological polar surface area (TPSA) is 71.5 Å². The molecule has 178 valence electrons. The van der Waals surface area contributed by atoms with E-state index in [1.807, 2.05) is 58.8 Å². The third kappa shape index (κ3) is 5.80. The molecule has 0 spiro atoms. The molecule has 1 aliphatic rings. The van der Waals surface area contributed by atoms with Gasteiger partial charge in [0, 0.05) is 36.0 Å². The summed E-state index contributed by atoms with van der Waals surface area (Å²) in [5.74, 6) is 2.44. The largest absolute Gasteiger partial charge is 0.497 e. The second kappa shape index (κ2) is 11.5. The van der Waals surface area contributed by atoms with Crippen molar-refractivity contribution < 1.29 is 14.3 Å². The van der Waals surface area contributed by atoms with Crippen LogP contribution in [0, 0.1) is 0 Å². The lowest BCUT2D eigenvalue weighted by atomic mass is 9.97. The van der Waals surface area contributed by atoms with E-state index in [0.29, 0.717) is 22.9 Å². The number of likely N-dealkylation sites (tertiary alicyclic amines) is 1. The van der Waals surface area contributed by atoms with Crippen LogP contribution in [0.25, 0.3) is 11.1 Å². The van der Waals surface area contributed by atoms with Gasteiger partial charge in [-0.3, -0.25) is 9.59 Å². The van der Waals surface area contributed by atoms with Crippen molar-refractivity contribution in [1.82, 2.24) is 9.88 Å². The number of piperidine rings is 1. The van der Waals surface area contributed by atoms with Gasteiger partial charge in [0.25, 0.3) is 5.91 Å². The summed E-state index contributed by atoms with van der Waals surface area (Å²) in [6.45, 7) is 3.56. The van der Waals surface area contributed by atoms with E-state index in [1.54, 1.807) is 18.9 Å². The SMILES string of the molecule is CCSCC(=O)N1CCC(c2nc(C(=O)Nc3cc(OC)ccc3-c3ccccc3)cs2)CC1. The van der Waals surface area contributed by atoms with Gasteiger partial charge in [0.1, 0.15) is 11.4 Å². The summed E-state index contributed by atoms with van der Waals surface area (Å²) in [6.07, 6.45) is 1.76. The average Bonchev–Trinajstić information content (AvgIpc) is 3.38. The third-order valence-electron chi connectivity index (χ3n) is 5.94. The zero-order valence-corrected chi connectivity index (χ0v) is 21.1. The lowest BCUT2D eigenvalue weighted by Gasteiger charge is -2.31. The first kappa shape index (κ1) is 24.3. The molecule has 1 N–H and O–H groups in total. The van der Waals surface area contributed by atoms with Crippen molar-refractivity contribution >= 4 is 40.6 Å². The Balaban J connectivity index is 1.43. The normalized spacial score (nSPS) is 14.1. The maximum Gasteiger partial charge on any atom is 0.275 e. The summed E-state index contributed by atoms with van der Waals surface area (Å²) < 4.78 is 5.37. The maximum absolute atomic E-state index is 13.1. The van der Waals surface area contributed by atoms with Crippen LogP contribution in [0.1, 0.15) is 41.2 Å². The predicted molar refractivity (Wildman–Crippen MR) is 140 cm³/mol. The van der Waals surface area contributed by atoms with Crippen molar-refractivity contribution in [1.29, 1.82) is 0 Å². The Kier molecular flexibility index (Phi) is 8.24. The molecular formula is C26H29N3O3S2. The Morgan fingerprint density at radius 1 is 1.18 bits per heavy atom. The minimum atomic E-state index is -0.239. The number of hydrogen-bond acceptors (Lipinski definition) is 6. The fourth-order valence-corrected chi connectivity index (χ4v) is 5.58. The molecule has 8 heteroatoms. The Labute approximate surface area is 208 Å². The summed E-state index contributed by atoms with van der Waals surface area (Å²) in [7, 11) is 1.61. The molecule has 1 aliphatic heterocycles. The van der Waals surface area contributed by atoms with E-state index in [4.69, 9.17) is 4.74 Å². The van der Waals surface area contributed by atoms with Gasteiger partial charge in [-0.25, -0.2) is 4.98 Å². The summed E-state index contributed by atoms with van der Waals surface area (Å²) in [6, 6.07) is 15.6. The van der Waals surface area contributed by atoms with Crippen LogP contribution in [0.2, 0.25) is 0 Å². The zero-order valence-electron chi connectivity index (χ0n) is 19.5. The molecule has 0 unspecified atom stereocenters. The van der Waals surface area contributed by atoms with Crippen LogP contribution >= 0.6 is 23.1 Å². The molecule has 34 heavy (non-hydrogen) atoms. The first-order chi connectivity index (χ1) is 16.6. The minimum absolute atomic E-state index is 0.219. The number of thioether (sulfide) groups is 1. The van der Waals surface area contributed by atoms with Gasteiger partial charge in [-0.15, -0.1) is 11.3 Å². The molecule has 6 nitrogen and oxygen atoms in total. The molecular weight excluding hydrogens is 466 g/mol. The Bertz CT molecular complexity index is 1130. The number of nitrogens with zero attached hydrogens (tertiary/aromatic N) is 2. The first-order valence-corrected chi connectivity index (χ1v) is 13.5. The lowest BCUT2D eigenvalue weighted by molar-refractivity contribution is -0.129. The number of carbonyl (C=O) groups excluding carboxylic acids is 2. The number of carbonyl (C=O) groups is 2. The quantitative estimate of drug-likeness (QED) is 0.445.